The van der Waals surface area contributed by atoms with Crippen LogP contribution < -0.4 is 5.32 Å². The Morgan fingerprint density at radius 2 is 2.00 bits per heavy atom. The minimum Gasteiger partial charge on any atom is -0.339 e. The molecule has 2 unspecified atom stereocenters. The second-order valence-corrected chi connectivity index (χ2v) is 5.60. The van der Waals surface area contributed by atoms with E-state index in [-0.39, 0.29) is 12.0 Å². The Morgan fingerprint density at radius 3 is 2.55 bits per heavy atom. The van der Waals surface area contributed by atoms with Crippen molar-refractivity contribution in [3.63, 3.8) is 0 Å². The van der Waals surface area contributed by atoms with Gasteiger partial charge in [0.15, 0.2) is 0 Å². The lowest BCUT2D eigenvalue weighted by molar-refractivity contribution is 0.286. The summed E-state index contributed by atoms with van der Waals surface area (Å²) >= 11 is 5.82. The van der Waals surface area contributed by atoms with Crippen LogP contribution in [-0.2, 0) is 0 Å². The highest BCUT2D eigenvalue weighted by Crippen LogP contribution is 2.28. The van der Waals surface area contributed by atoms with Crippen molar-refractivity contribution in [3.05, 3.63) is 29.2 Å². The summed E-state index contributed by atoms with van der Waals surface area (Å²) < 4.78 is 5.42. The molecule has 6 heteroatoms. The van der Waals surface area contributed by atoms with E-state index in [0.29, 0.717) is 28.3 Å². The quantitative estimate of drug-likeness (QED) is 0.918. The van der Waals surface area contributed by atoms with Crippen LogP contribution in [0.2, 0.25) is 5.02 Å². The summed E-state index contributed by atoms with van der Waals surface area (Å²) in [5.74, 6) is 1.68. The van der Waals surface area contributed by atoms with Crippen molar-refractivity contribution in [3.8, 4) is 11.5 Å². The first-order valence-electron chi connectivity index (χ1n) is 6.65. The predicted octanol–water partition coefficient (Wildman–Crippen LogP) is 3.13. The zero-order valence-corrected chi connectivity index (χ0v) is 12.8. The second kappa shape index (κ2) is 6.33. The molecule has 108 valence electrons. The molecule has 0 radical (unpaired) electrons. The Hall–Kier alpha value is -1.46. The third-order valence-electron chi connectivity index (χ3n) is 3.40. The van der Waals surface area contributed by atoms with Crippen molar-refractivity contribution in [1.29, 1.82) is 0 Å². The lowest BCUT2D eigenvalue weighted by Gasteiger charge is -2.23. The Balaban J connectivity index is 2.29. The average Bonchev–Trinajstić information content (AvgIpc) is 2.88. The second-order valence-electron chi connectivity index (χ2n) is 5.17. The number of pyridine rings is 1. The van der Waals surface area contributed by atoms with Gasteiger partial charge in [-0.05, 0) is 32.0 Å². The Kier molecular flexibility index (Phi) is 4.73. The van der Waals surface area contributed by atoms with Gasteiger partial charge in [-0.2, -0.15) is 4.98 Å². The van der Waals surface area contributed by atoms with Crippen LogP contribution >= 0.6 is 11.6 Å². The van der Waals surface area contributed by atoms with Crippen molar-refractivity contribution in [2.75, 3.05) is 7.05 Å². The molecule has 0 saturated heterocycles. The van der Waals surface area contributed by atoms with Crippen LogP contribution in [0.3, 0.4) is 0 Å². The smallest absolute Gasteiger partial charge is 0.231 e. The maximum Gasteiger partial charge on any atom is 0.231 e. The van der Waals surface area contributed by atoms with E-state index in [4.69, 9.17) is 16.1 Å². The normalized spacial score (nSPS) is 14.5. The highest BCUT2D eigenvalue weighted by molar-refractivity contribution is 6.30. The molecule has 0 spiro atoms. The summed E-state index contributed by atoms with van der Waals surface area (Å²) in [5, 5.41) is 7.84. The molecule has 0 saturated carbocycles. The molecule has 0 bridgehead atoms. The van der Waals surface area contributed by atoms with Crippen molar-refractivity contribution in [2.24, 2.45) is 5.92 Å². The van der Waals surface area contributed by atoms with Crippen LogP contribution in [0.25, 0.3) is 11.5 Å². The molecule has 2 aromatic heterocycles. The van der Waals surface area contributed by atoms with Gasteiger partial charge < -0.3 is 9.84 Å². The fourth-order valence-corrected chi connectivity index (χ4v) is 2.35. The van der Waals surface area contributed by atoms with Crippen molar-refractivity contribution >= 4 is 11.6 Å². The Morgan fingerprint density at radius 1 is 1.25 bits per heavy atom. The van der Waals surface area contributed by atoms with Gasteiger partial charge in [0.1, 0.15) is 5.69 Å². The minimum atomic E-state index is 0.161. The summed E-state index contributed by atoms with van der Waals surface area (Å²) in [6, 6.07) is 3.79. The zero-order valence-electron chi connectivity index (χ0n) is 12.1. The van der Waals surface area contributed by atoms with Gasteiger partial charge in [-0.15, -0.1) is 0 Å². The molecule has 0 aliphatic heterocycles. The van der Waals surface area contributed by atoms with Crippen molar-refractivity contribution in [2.45, 2.75) is 32.7 Å². The van der Waals surface area contributed by atoms with Crippen LogP contribution in [0, 0.1) is 5.92 Å². The molecule has 0 aromatic carbocycles. The monoisotopic (exact) mass is 294 g/mol. The van der Waals surface area contributed by atoms with Gasteiger partial charge in [0, 0.05) is 12.2 Å². The summed E-state index contributed by atoms with van der Waals surface area (Å²) in [5.41, 5.74) is 0.656. The molecule has 2 heterocycles. The maximum absolute atomic E-state index is 5.82. The predicted molar refractivity (Wildman–Crippen MR) is 78.6 cm³/mol. The molecule has 5 nitrogen and oxygen atoms in total. The lowest BCUT2D eigenvalue weighted by atomic mass is 9.89. The number of nitrogens with zero attached hydrogens (tertiary/aromatic N) is 3. The van der Waals surface area contributed by atoms with E-state index in [2.05, 4.69) is 41.2 Å². The fourth-order valence-electron chi connectivity index (χ4n) is 2.24. The van der Waals surface area contributed by atoms with E-state index in [1.807, 2.05) is 7.05 Å². The summed E-state index contributed by atoms with van der Waals surface area (Å²) in [7, 11) is 1.93. The number of likely N-dealkylation sites (N-methyl/N-ethyl adjacent to an activating group) is 1. The number of halogens is 1. The van der Waals surface area contributed by atoms with Crippen LogP contribution in [0.15, 0.2) is 22.9 Å². The van der Waals surface area contributed by atoms with Gasteiger partial charge in [-0.1, -0.05) is 30.6 Å². The number of rotatable bonds is 5. The molecular weight excluding hydrogens is 276 g/mol. The summed E-state index contributed by atoms with van der Waals surface area (Å²) in [6.45, 7) is 6.39. The Labute approximate surface area is 123 Å². The molecule has 20 heavy (non-hydrogen) atoms. The largest absolute Gasteiger partial charge is 0.339 e. The number of hydrogen-bond acceptors (Lipinski definition) is 5. The first kappa shape index (κ1) is 14.9. The minimum absolute atomic E-state index is 0.161. The average molecular weight is 295 g/mol. The van der Waals surface area contributed by atoms with E-state index in [0.717, 1.165) is 0 Å². The van der Waals surface area contributed by atoms with Gasteiger partial charge >= 0.3 is 0 Å². The van der Waals surface area contributed by atoms with Crippen molar-refractivity contribution in [1.82, 2.24) is 20.4 Å². The summed E-state index contributed by atoms with van der Waals surface area (Å²) in [6.07, 6.45) is 1.57. The molecule has 0 amide bonds. The molecule has 2 atom stereocenters. The van der Waals surface area contributed by atoms with Gasteiger partial charge in [0.2, 0.25) is 11.7 Å². The van der Waals surface area contributed by atoms with Gasteiger partial charge in [-0.3, -0.25) is 4.98 Å². The molecule has 1 N–H and O–H groups in total. The van der Waals surface area contributed by atoms with E-state index in [1.165, 1.54) is 0 Å². The van der Waals surface area contributed by atoms with Crippen LogP contribution in [0.4, 0.5) is 0 Å². The maximum atomic E-state index is 5.82. The third-order valence-corrected chi connectivity index (χ3v) is 3.62. The first-order chi connectivity index (χ1) is 9.52. The van der Waals surface area contributed by atoms with E-state index >= 15 is 0 Å². The fraction of sp³-hybridized carbons (Fsp3) is 0.500. The number of hydrogen-bond donors (Lipinski definition) is 1. The summed E-state index contributed by atoms with van der Waals surface area (Å²) in [4.78, 5) is 8.68. The highest BCUT2D eigenvalue weighted by Gasteiger charge is 2.27. The molecule has 2 rings (SSSR count). The molecule has 0 aliphatic rings. The third kappa shape index (κ3) is 3.16. The number of nitrogens with one attached hydrogen (secondary N) is 1. The first-order valence-corrected chi connectivity index (χ1v) is 7.03. The Bertz CT molecular complexity index is 553. The highest BCUT2D eigenvalue weighted by atomic mass is 35.5. The topological polar surface area (TPSA) is 63.8 Å². The number of aromatic nitrogens is 3. The molecule has 0 aliphatic carbocycles. The lowest BCUT2D eigenvalue weighted by Crippen LogP contribution is -2.32. The van der Waals surface area contributed by atoms with Crippen molar-refractivity contribution < 1.29 is 4.52 Å². The van der Waals surface area contributed by atoms with Crippen LogP contribution in [-0.4, -0.2) is 28.2 Å². The molecule has 2 aromatic rings. The molecule has 0 fully saturated rings. The van der Waals surface area contributed by atoms with E-state index < -0.39 is 0 Å². The van der Waals surface area contributed by atoms with Gasteiger partial charge in [0.05, 0.1) is 10.9 Å². The zero-order chi connectivity index (χ0) is 14.7. The van der Waals surface area contributed by atoms with E-state index in [1.54, 1.807) is 18.3 Å². The van der Waals surface area contributed by atoms with Crippen LogP contribution in [0.5, 0.6) is 0 Å². The SMILES string of the molecule is CNC(C)C(c1nc(-c2ccc(Cl)cn2)no1)C(C)C. The molecular formula is C14H19ClN4O. The van der Waals surface area contributed by atoms with Gasteiger partial charge in [-0.25, -0.2) is 0 Å². The van der Waals surface area contributed by atoms with E-state index in [9.17, 15) is 0 Å². The standard InChI is InChI=1S/C14H19ClN4O/c1-8(2)12(9(3)16-4)14-18-13(19-20-14)11-6-5-10(15)7-17-11/h5-9,12,16H,1-4H3. The van der Waals surface area contributed by atoms with Gasteiger partial charge in [0.25, 0.3) is 0 Å². The van der Waals surface area contributed by atoms with Crippen LogP contribution in [0.1, 0.15) is 32.6 Å².